The van der Waals surface area contributed by atoms with Gasteiger partial charge in [-0.15, -0.1) is 0 Å². The predicted octanol–water partition coefficient (Wildman–Crippen LogP) is 2.75. The number of aromatic nitrogens is 4. The molecule has 1 aromatic carbocycles. The lowest BCUT2D eigenvalue weighted by Crippen LogP contribution is -2.29. The first kappa shape index (κ1) is 21.1. The Labute approximate surface area is 190 Å². The maximum atomic E-state index is 13.1. The first-order chi connectivity index (χ1) is 15.8. The summed E-state index contributed by atoms with van der Waals surface area (Å²) in [6.07, 6.45) is 2.23. The molecule has 0 radical (unpaired) electrons. The van der Waals surface area contributed by atoms with E-state index >= 15 is 0 Å². The van der Waals surface area contributed by atoms with Crippen LogP contribution in [-0.2, 0) is 9.59 Å². The minimum absolute atomic E-state index is 0.0775. The molecule has 0 spiro atoms. The third-order valence-electron chi connectivity index (χ3n) is 6.40. The summed E-state index contributed by atoms with van der Waals surface area (Å²) in [5, 5.41) is 7.54. The van der Waals surface area contributed by atoms with E-state index in [4.69, 9.17) is 0 Å². The van der Waals surface area contributed by atoms with Gasteiger partial charge in [0.25, 0.3) is 5.56 Å². The van der Waals surface area contributed by atoms with E-state index in [9.17, 15) is 14.4 Å². The summed E-state index contributed by atoms with van der Waals surface area (Å²) in [6, 6.07) is 9.52. The van der Waals surface area contributed by atoms with Crippen LogP contribution in [0.4, 0.5) is 11.5 Å². The van der Waals surface area contributed by atoms with Gasteiger partial charge in [0.2, 0.25) is 17.8 Å². The molecule has 9 nitrogen and oxygen atoms in total. The van der Waals surface area contributed by atoms with Gasteiger partial charge >= 0.3 is 0 Å². The van der Waals surface area contributed by atoms with Crippen LogP contribution in [0, 0.1) is 26.7 Å². The fraction of sp³-hybridized carbons (Fsp3) is 0.375. The summed E-state index contributed by atoms with van der Waals surface area (Å²) >= 11 is 0. The van der Waals surface area contributed by atoms with Gasteiger partial charge in [-0.2, -0.15) is 9.78 Å². The lowest BCUT2D eigenvalue weighted by molar-refractivity contribution is -0.122. The van der Waals surface area contributed by atoms with E-state index in [0.29, 0.717) is 29.5 Å². The van der Waals surface area contributed by atoms with Gasteiger partial charge in [-0.3, -0.25) is 19.4 Å². The van der Waals surface area contributed by atoms with E-state index in [1.165, 1.54) is 4.68 Å². The minimum Gasteiger partial charge on any atom is -0.312 e. The highest BCUT2D eigenvalue weighted by Crippen LogP contribution is 2.40. The maximum Gasteiger partial charge on any atom is 0.255 e. The van der Waals surface area contributed by atoms with Crippen molar-refractivity contribution in [2.24, 2.45) is 5.92 Å². The highest BCUT2D eigenvalue weighted by Gasteiger charge is 2.36. The normalized spacial score (nSPS) is 18.1. The lowest BCUT2D eigenvalue weighted by atomic mass is 10.1. The number of H-pyrrole nitrogens is 1. The number of hydrogen-bond donors (Lipinski definition) is 2. The molecule has 2 N–H and O–H groups in total. The topological polar surface area (TPSA) is 113 Å². The van der Waals surface area contributed by atoms with E-state index in [2.05, 4.69) is 20.4 Å². The zero-order valence-electron chi connectivity index (χ0n) is 18.9. The molecule has 1 aliphatic heterocycles. The Morgan fingerprint density at radius 1 is 1.12 bits per heavy atom. The van der Waals surface area contributed by atoms with Crippen molar-refractivity contribution in [2.45, 2.75) is 46.0 Å². The molecule has 0 unspecified atom stereocenters. The summed E-state index contributed by atoms with van der Waals surface area (Å²) in [5.41, 5.74) is 3.66. The third kappa shape index (κ3) is 4.06. The summed E-state index contributed by atoms with van der Waals surface area (Å²) in [7, 11) is 0. The zero-order valence-corrected chi connectivity index (χ0v) is 18.9. The van der Waals surface area contributed by atoms with Crippen LogP contribution in [0.15, 0.2) is 35.1 Å². The third-order valence-corrected chi connectivity index (χ3v) is 6.40. The second kappa shape index (κ2) is 7.99. The van der Waals surface area contributed by atoms with E-state index in [1.54, 1.807) is 18.7 Å². The standard InChI is InChI=1S/C24H26N6O3/c1-13-4-8-18(9-5-13)29-12-17(10-21(29)31)23(33)26-20-11-19(16-6-7-16)28-30(20)24-25-15(3)14(2)22(32)27-24/h4-5,8-9,11,16-17H,6-7,10,12H2,1-3H3,(H,26,33)(H,25,27,32)/t17-/m1/s1. The van der Waals surface area contributed by atoms with E-state index in [0.717, 1.165) is 29.8 Å². The number of aromatic amines is 1. The summed E-state index contributed by atoms with van der Waals surface area (Å²) < 4.78 is 1.48. The van der Waals surface area contributed by atoms with Gasteiger partial charge in [0.05, 0.1) is 11.6 Å². The molecule has 5 rings (SSSR count). The van der Waals surface area contributed by atoms with Crippen LogP contribution in [-0.4, -0.2) is 38.1 Å². The number of hydrogen-bond acceptors (Lipinski definition) is 5. The first-order valence-electron chi connectivity index (χ1n) is 11.2. The number of benzene rings is 1. The molecule has 2 amide bonds. The van der Waals surface area contributed by atoms with Gasteiger partial charge in [0.15, 0.2) is 0 Å². The molecule has 170 valence electrons. The van der Waals surface area contributed by atoms with Crippen molar-refractivity contribution in [3.05, 3.63) is 63.2 Å². The lowest BCUT2D eigenvalue weighted by Gasteiger charge is -2.17. The molecule has 0 bridgehead atoms. The van der Waals surface area contributed by atoms with Gasteiger partial charge in [0, 0.05) is 41.9 Å². The first-order valence-corrected chi connectivity index (χ1v) is 11.2. The van der Waals surface area contributed by atoms with Crippen LogP contribution in [0.1, 0.15) is 47.7 Å². The molecule has 1 atom stereocenters. The number of nitrogens with one attached hydrogen (secondary N) is 2. The molecular weight excluding hydrogens is 420 g/mol. The quantitative estimate of drug-likeness (QED) is 0.626. The Morgan fingerprint density at radius 3 is 2.52 bits per heavy atom. The molecule has 3 heterocycles. The largest absolute Gasteiger partial charge is 0.312 e. The van der Waals surface area contributed by atoms with Gasteiger partial charge in [-0.05, 0) is 45.7 Å². The minimum atomic E-state index is -0.488. The van der Waals surface area contributed by atoms with E-state index in [-0.39, 0.29) is 29.7 Å². The van der Waals surface area contributed by atoms with E-state index in [1.807, 2.05) is 37.3 Å². The molecule has 1 saturated carbocycles. The smallest absolute Gasteiger partial charge is 0.255 e. The number of anilines is 2. The second-order valence-corrected chi connectivity index (χ2v) is 8.97. The van der Waals surface area contributed by atoms with Gasteiger partial charge in [-0.1, -0.05) is 17.7 Å². The highest BCUT2D eigenvalue weighted by atomic mass is 16.2. The Bertz CT molecular complexity index is 1300. The van der Waals surface area contributed by atoms with Crippen molar-refractivity contribution >= 4 is 23.3 Å². The number of carbonyl (C=O) groups excluding carboxylic acids is 2. The SMILES string of the molecule is Cc1ccc(N2C[C@H](C(=O)Nc3cc(C4CC4)nn3-c3nc(C)c(C)c(=O)[nH]3)CC2=O)cc1. The van der Waals surface area contributed by atoms with E-state index < -0.39 is 5.92 Å². The average Bonchev–Trinajstić information content (AvgIpc) is 3.44. The van der Waals surface area contributed by atoms with Gasteiger partial charge in [0.1, 0.15) is 5.82 Å². The van der Waals surface area contributed by atoms with Crippen molar-refractivity contribution in [2.75, 3.05) is 16.8 Å². The molecule has 9 heteroatoms. The zero-order chi connectivity index (χ0) is 23.3. The highest BCUT2D eigenvalue weighted by molar-refractivity contribution is 6.03. The molecule has 3 aromatic rings. The van der Waals surface area contributed by atoms with Crippen LogP contribution >= 0.6 is 0 Å². The van der Waals surface area contributed by atoms with Gasteiger partial charge < -0.3 is 10.2 Å². The van der Waals surface area contributed by atoms with Crippen LogP contribution in [0.5, 0.6) is 0 Å². The number of carbonyl (C=O) groups is 2. The molecule has 1 aliphatic carbocycles. The fourth-order valence-electron chi connectivity index (χ4n) is 4.04. The van der Waals surface area contributed by atoms with Crippen molar-refractivity contribution in [3.63, 3.8) is 0 Å². The average molecular weight is 447 g/mol. The van der Waals surface area contributed by atoms with Crippen LogP contribution < -0.4 is 15.8 Å². The second-order valence-electron chi connectivity index (χ2n) is 8.97. The van der Waals surface area contributed by atoms with Crippen LogP contribution in [0.3, 0.4) is 0 Å². The molecular formula is C24H26N6O3. The van der Waals surface area contributed by atoms with Crippen molar-refractivity contribution in [1.82, 2.24) is 19.7 Å². The number of aryl methyl sites for hydroxylation is 2. The Hall–Kier alpha value is -3.75. The number of nitrogens with zero attached hydrogens (tertiary/aromatic N) is 4. The summed E-state index contributed by atoms with van der Waals surface area (Å²) in [4.78, 5) is 46.9. The Morgan fingerprint density at radius 2 is 1.85 bits per heavy atom. The fourth-order valence-corrected chi connectivity index (χ4v) is 4.04. The van der Waals surface area contributed by atoms with Crippen LogP contribution in [0.25, 0.3) is 5.95 Å². The monoisotopic (exact) mass is 446 g/mol. The number of amides is 2. The van der Waals surface area contributed by atoms with Crippen molar-refractivity contribution in [1.29, 1.82) is 0 Å². The number of rotatable bonds is 5. The molecule has 2 aromatic heterocycles. The predicted molar refractivity (Wildman–Crippen MR) is 124 cm³/mol. The Balaban J connectivity index is 1.40. The molecule has 2 fully saturated rings. The maximum absolute atomic E-state index is 13.1. The van der Waals surface area contributed by atoms with Gasteiger partial charge in [-0.25, -0.2) is 4.98 Å². The Kier molecular flexibility index (Phi) is 5.11. The molecule has 33 heavy (non-hydrogen) atoms. The summed E-state index contributed by atoms with van der Waals surface area (Å²) in [5.74, 6) is 0.228. The van der Waals surface area contributed by atoms with Crippen molar-refractivity contribution in [3.8, 4) is 5.95 Å². The summed E-state index contributed by atoms with van der Waals surface area (Å²) in [6.45, 7) is 5.78. The molecule has 2 aliphatic rings. The van der Waals surface area contributed by atoms with Crippen LogP contribution in [0.2, 0.25) is 0 Å². The van der Waals surface area contributed by atoms with Crippen molar-refractivity contribution < 1.29 is 9.59 Å². The molecule has 1 saturated heterocycles.